The van der Waals surface area contributed by atoms with Crippen LogP contribution in [0.15, 0.2) is 54.6 Å². The van der Waals surface area contributed by atoms with Gasteiger partial charge in [-0.1, -0.05) is 35.9 Å². The van der Waals surface area contributed by atoms with E-state index >= 15 is 0 Å². The summed E-state index contributed by atoms with van der Waals surface area (Å²) in [5.74, 6) is 0.160. The standard InChI is InChI=1S/C27H35N3O2/c1-22-6-5-7-23(20-22)26(31)30-13-11-27(12-14-30)21-25(10-19-32-27)29-17-15-28(16-18-29)24-8-3-2-4-9-24/h2-9,20,25H,10-19,21H2,1H3/t25-/m0/s1. The molecule has 0 unspecified atom stereocenters. The fourth-order valence-corrected chi connectivity index (χ4v) is 5.72. The van der Waals surface area contributed by atoms with Crippen LogP contribution in [0.25, 0.3) is 0 Å². The molecular formula is C27H35N3O2. The zero-order valence-corrected chi connectivity index (χ0v) is 19.2. The summed E-state index contributed by atoms with van der Waals surface area (Å²) < 4.78 is 6.40. The molecule has 0 aliphatic carbocycles. The number of benzene rings is 2. The third-order valence-corrected chi connectivity index (χ3v) is 7.65. The molecule has 0 aromatic heterocycles. The molecule has 32 heavy (non-hydrogen) atoms. The molecule has 5 rings (SSSR count). The topological polar surface area (TPSA) is 36.0 Å². The largest absolute Gasteiger partial charge is 0.375 e. The van der Waals surface area contributed by atoms with Crippen LogP contribution < -0.4 is 4.90 Å². The molecule has 0 bridgehead atoms. The normalized spacial score (nSPS) is 24.0. The van der Waals surface area contributed by atoms with Gasteiger partial charge < -0.3 is 14.5 Å². The molecule has 3 fully saturated rings. The number of carbonyl (C=O) groups is 1. The van der Waals surface area contributed by atoms with Crippen molar-refractivity contribution >= 4 is 11.6 Å². The van der Waals surface area contributed by atoms with Crippen LogP contribution >= 0.6 is 0 Å². The van der Waals surface area contributed by atoms with Crippen molar-refractivity contribution in [3.8, 4) is 0 Å². The van der Waals surface area contributed by atoms with Gasteiger partial charge in [0.1, 0.15) is 0 Å². The highest BCUT2D eigenvalue weighted by Crippen LogP contribution is 2.37. The fourth-order valence-electron chi connectivity index (χ4n) is 5.72. The second-order valence-electron chi connectivity index (χ2n) is 9.70. The van der Waals surface area contributed by atoms with Crippen LogP contribution in [-0.2, 0) is 4.74 Å². The van der Waals surface area contributed by atoms with Crippen LogP contribution in [0.2, 0.25) is 0 Å². The maximum atomic E-state index is 13.0. The molecular weight excluding hydrogens is 398 g/mol. The minimum absolute atomic E-state index is 0.0527. The van der Waals surface area contributed by atoms with Crippen molar-refractivity contribution in [1.82, 2.24) is 9.80 Å². The van der Waals surface area contributed by atoms with E-state index in [2.05, 4.69) is 40.1 Å². The van der Waals surface area contributed by atoms with Crippen LogP contribution in [0, 0.1) is 6.92 Å². The van der Waals surface area contributed by atoms with Crippen molar-refractivity contribution in [3.63, 3.8) is 0 Å². The first kappa shape index (κ1) is 21.5. The van der Waals surface area contributed by atoms with Gasteiger partial charge >= 0.3 is 0 Å². The molecule has 0 N–H and O–H groups in total. The number of carbonyl (C=O) groups excluding carboxylic acids is 1. The summed E-state index contributed by atoms with van der Waals surface area (Å²) in [6.45, 7) is 8.89. The monoisotopic (exact) mass is 433 g/mol. The molecule has 1 spiro atoms. The third kappa shape index (κ3) is 4.55. The summed E-state index contributed by atoms with van der Waals surface area (Å²) in [6, 6.07) is 19.3. The number of ether oxygens (including phenoxy) is 1. The van der Waals surface area contributed by atoms with Crippen molar-refractivity contribution < 1.29 is 9.53 Å². The van der Waals surface area contributed by atoms with E-state index in [1.165, 1.54) is 5.69 Å². The molecule has 3 aliphatic rings. The van der Waals surface area contributed by atoms with E-state index < -0.39 is 0 Å². The molecule has 1 amide bonds. The highest BCUT2D eigenvalue weighted by atomic mass is 16.5. The van der Waals surface area contributed by atoms with E-state index in [1.54, 1.807) is 0 Å². The minimum Gasteiger partial charge on any atom is -0.375 e. The van der Waals surface area contributed by atoms with Crippen LogP contribution in [0.4, 0.5) is 5.69 Å². The molecule has 3 aliphatic heterocycles. The Kier molecular flexibility index (Phi) is 6.20. The third-order valence-electron chi connectivity index (χ3n) is 7.65. The quantitative estimate of drug-likeness (QED) is 0.734. The molecule has 3 saturated heterocycles. The van der Waals surface area contributed by atoms with Crippen molar-refractivity contribution in [3.05, 3.63) is 65.7 Å². The van der Waals surface area contributed by atoms with Crippen molar-refractivity contribution in [2.24, 2.45) is 0 Å². The Morgan fingerprint density at radius 1 is 0.938 bits per heavy atom. The minimum atomic E-state index is -0.0527. The van der Waals surface area contributed by atoms with Gasteiger partial charge in [0.25, 0.3) is 5.91 Å². The van der Waals surface area contributed by atoms with Gasteiger partial charge in [-0.3, -0.25) is 9.69 Å². The summed E-state index contributed by atoms with van der Waals surface area (Å²) in [6.07, 6.45) is 4.12. The van der Waals surface area contributed by atoms with Crippen LogP contribution in [0.3, 0.4) is 0 Å². The number of rotatable bonds is 3. The lowest BCUT2D eigenvalue weighted by Crippen LogP contribution is -2.57. The molecule has 3 heterocycles. The lowest BCUT2D eigenvalue weighted by atomic mass is 9.81. The van der Waals surface area contributed by atoms with E-state index in [0.29, 0.717) is 6.04 Å². The van der Waals surface area contributed by atoms with Crippen LogP contribution in [0.5, 0.6) is 0 Å². The fraction of sp³-hybridized carbons (Fsp3) is 0.519. The summed E-state index contributed by atoms with van der Waals surface area (Å²) in [5.41, 5.74) is 3.22. The molecule has 2 aromatic carbocycles. The van der Waals surface area contributed by atoms with Crippen molar-refractivity contribution in [2.45, 2.75) is 44.2 Å². The van der Waals surface area contributed by atoms with Gasteiger partial charge in [0, 0.05) is 63.2 Å². The molecule has 0 saturated carbocycles. The molecule has 2 aromatic rings. The number of para-hydroxylation sites is 1. The number of hydrogen-bond acceptors (Lipinski definition) is 4. The summed E-state index contributed by atoms with van der Waals surface area (Å²) in [5, 5.41) is 0. The Labute approximate surface area is 191 Å². The zero-order chi connectivity index (χ0) is 22.0. The summed E-state index contributed by atoms with van der Waals surface area (Å²) in [7, 11) is 0. The predicted molar refractivity (Wildman–Crippen MR) is 128 cm³/mol. The van der Waals surface area contributed by atoms with Gasteiger partial charge in [0.2, 0.25) is 0 Å². The van der Waals surface area contributed by atoms with E-state index in [9.17, 15) is 4.79 Å². The van der Waals surface area contributed by atoms with Crippen LogP contribution in [0.1, 0.15) is 41.6 Å². The van der Waals surface area contributed by atoms with E-state index in [1.807, 2.05) is 36.1 Å². The van der Waals surface area contributed by atoms with Crippen molar-refractivity contribution in [1.29, 1.82) is 0 Å². The number of nitrogens with zero attached hydrogens (tertiary/aromatic N) is 3. The second-order valence-corrected chi connectivity index (χ2v) is 9.70. The second kappa shape index (κ2) is 9.24. The van der Waals surface area contributed by atoms with E-state index in [-0.39, 0.29) is 11.5 Å². The number of hydrogen-bond donors (Lipinski definition) is 0. The first-order valence-electron chi connectivity index (χ1n) is 12.2. The van der Waals surface area contributed by atoms with Crippen LogP contribution in [-0.4, -0.2) is 73.2 Å². The first-order valence-corrected chi connectivity index (χ1v) is 12.2. The lowest BCUT2D eigenvalue weighted by Gasteiger charge is -2.50. The zero-order valence-electron chi connectivity index (χ0n) is 19.2. The Balaban J connectivity index is 1.16. The number of piperidine rings is 1. The molecule has 0 radical (unpaired) electrons. The lowest BCUT2D eigenvalue weighted by molar-refractivity contribution is -0.130. The molecule has 1 atom stereocenters. The average Bonchev–Trinajstić information content (AvgIpc) is 2.85. The number of anilines is 1. The number of likely N-dealkylation sites (tertiary alicyclic amines) is 1. The average molecular weight is 434 g/mol. The molecule has 170 valence electrons. The Hall–Kier alpha value is -2.37. The Morgan fingerprint density at radius 3 is 2.41 bits per heavy atom. The predicted octanol–water partition coefficient (Wildman–Crippen LogP) is 3.97. The summed E-state index contributed by atoms with van der Waals surface area (Å²) >= 11 is 0. The van der Waals surface area contributed by atoms with Gasteiger partial charge in [0.15, 0.2) is 0 Å². The number of aryl methyl sites for hydroxylation is 1. The first-order chi connectivity index (χ1) is 15.6. The highest BCUT2D eigenvalue weighted by Gasteiger charge is 2.43. The molecule has 5 nitrogen and oxygen atoms in total. The van der Waals surface area contributed by atoms with Gasteiger partial charge in [-0.05, 0) is 56.9 Å². The van der Waals surface area contributed by atoms with E-state index in [0.717, 1.165) is 82.7 Å². The number of amides is 1. The smallest absolute Gasteiger partial charge is 0.253 e. The van der Waals surface area contributed by atoms with Gasteiger partial charge in [-0.2, -0.15) is 0 Å². The van der Waals surface area contributed by atoms with Gasteiger partial charge in [0.05, 0.1) is 5.60 Å². The van der Waals surface area contributed by atoms with E-state index in [4.69, 9.17) is 4.74 Å². The maximum Gasteiger partial charge on any atom is 0.253 e. The maximum absolute atomic E-state index is 13.0. The van der Waals surface area contributed by atoms with Crippen molar-refractivity contribution in [2.75, 3.05) is 50.8 Å². The number of piperazine rings is 1. The Bertz CT molecular complexity index is 916. The SMILES string of the molecule is Cc1cccc(C(=O)N2CCC3(CC2)C[C@@H](N2CCN(c4ccccc4)CC2)CCO3)c1. The summed E-state index contributed by atoms with van der Waals surface area (Å²) in [4.78, 5) is 20.2. The van der Waals surface area contributed by atoms with Gasteiger partial charge in [-0.25, -0.2) is 0 Å². The Morgan fingerprint density at radius 2 is 1.69 bits per heavy atom. The highest BCUT2D eigenvalue weighted by molar-refractivity contribution is 5.94. The van der Waals surface area contributed by atoms with Gasteiger partial charge in [-0.15, -0.1) is 0 Å². The molecule has 5 heteroatoms.